The number of halogens is 1. The highest BCUT2D eigenvalue weighted by Crippen LogP contribution is 2.27. The molecule has 0 aliphatic rings. The van der Waals surface area contributed by atoms with E-state index in [1.165, 1.54) is 0 Å². The lowest BCUT2D eigenvalue weighted by atomic mass is 10.2. The summed E-state index contributed by atoms with van der Waals surface area (Å²) in [7, 11) is 0. The standard InChI is InChI=1S/C14H16ClN3O/c1-8(2)14-17-9(3)6-13(18-14)19-10-4-5-12(16)11(15)7-10/h4-8H,16H2,1-3H3. The Kier molecular flexibility index (Phi) is 3.90. The van der Waals surface area contributed by atoms with Crippen LogP contribution in [0, 0.1) is 6.92 Å². The number of benzene rings is 1. The zero-order valence-electron chi connectivity index (χ0n) is 11.1. The van der Waals surface area contributed by atoms with Crippen LogP contribution in [0.25, 0.3) is 0 Å². The number of hydrogen-bond donors (Lipinski definition) is 1. The molecule has 5 heteroatoms. The quantitative estimate of drug-likeness (QED) is 0.863. The van der Waals surface area contributed by atoms with Crippen LogP contribution < -0.4 is 10.5 Å². The van der Waals surface area contributed by atoms with Crippen molar-refractivity contribution in [2.24, 2.45) is 0 Å². The number of hydrogen-bond acceptors (Lipinski definition) is 4. The number of nitrogens with two attached hydrogens (primary N) is 1. The number of nitrogen functional groups attached to an aromatic ring is 1. The van der Waals surface area contributed by atoms with Crippen molar-refractivity contribution in [1.82, 2.24) is 9.97 Å². The van der Waals surface area contributed by atoms with E-state index in [2.05, 4.69) is 9.97 Å². The Balaban J connectivity index is 2.29. The highest BCUT2D eigenvalue weighted by Gasteiger charge is 2.08. The summed E-state index contributed by atoms with van der Waals surface area (Å²) in [5.74, 6) is 2.12. The van der Waals surface area contributed by atoms with Gasteiger partial charge in [-0.15, -0.1) is 0 Å². The Morgan fingerprint density at radius 2 is 1.95 bits per heavy atom. The molecule has 2 aromatic rings. The molecule has 2 N–H and O–H groups in total. The number of rotatable bonds is 3. The summed E-state index contributed by atoms with van der Waals surface area (Å²) in [6, 6.07) is 6.92. The van der Waals surface area contributed by atoms with E-state index in [4.69, 9.17) is 22.1 Å². The first-order valence-electron chi connectivity index (χ1n) is 6.04. The van der Waals surface area contributed by atoms with Crippen LogP contribution in [0.5, 0.6) is 11.6 Å². The van der Waals surface area contributed by atoms with Crippen molar-refractivity contribution in [3.63, 3.8) is 0 Å². The molecular weight excluding hydrogens is 262 g/mol. The minimum atomic E-state index is 0.247. The van der Waals surface area contributed by atoms with E-state index >= 15 is 0 Å². The monoisotopic (exact) mass is 277 g/mol. The Hall–Kier alpha value is -1.81. The number of anilines is 1. The predicted molar refractivity (Wildman–Crippen MR) is 76.8 cm³/mol. The molecule has 0 unspecified atom stereocenters. The molecule has 2 rings (SSSR count). The highest BCUT2D eigenvalue weighted by atomic mass is 35.5. The maximum Gasteiger partial charge on any atom is 0.222 e. The maximum atomic E-state index is 5.96. The van der Waals surface area contributed by atoms with E-state index in [1.807, 2.05) is 20.8 Å². The van der Waals surface area contributed by atoms with Gasteiger partial charge in [0, 0.05) is 23.7 Å². The lowest BCUT2D eigenvalue weighted by molar-refractivity contribution is 0.456. The minimum absolute atomic E-state index is 0.247. The van der Waals surface area contributed by atoms with E-state index in [-0.39, 0.29) is 5.92 Å². The van der Waals surface area contributed by atoms with Gasteiger partial charge in [0.1, 0.15) is 11.6 Å². The van der Waals surface area contributed by atoms with Crippen LogP contribution in [0.4, 0.5) is 5.69 Å². The smallest absolute Gasteiger partial charge is 0.222 e. The van der Waals surface area contributed by atoms with Gasteiger partial charge in [0.15, 0.2) is 0 Å². The fourth-order valence-electron chi connectivity index (χ4n) is 1.56. The molecule has 0 spiro atoms. The first-order valence-corrected chi connectivity index (χ1v) is 6.42. The summed E-state index contributed by atoms with van der Waals surface area (Å²) in [6.45, 7) is 5.99. The third-order valence-corrected chi connectivity index (χ3v) is 2.89. The molecule has 0 amide bonds. The Morgan fingerprint density at radius 1 is 1.21 bits per heavy atom. The lowest BCUT2D eigenvalue weighted by Crippen LogP contribution is -2.01. The van der Waals surface area contributed by atoms with E-state index in [9.17, 15) is 0 Å². The van der Waals surface area contributed by atoms with E-state index in [1.54, 1.807) is 24.3 Å². The van der Waals surface area contributed by atoms with Crippen LogP contribution in [0.2, 0.25) is 5.02 Å². The topological polar surface area (TPSA) is 61.0 Å². The van der Waals surface area contributed by atoms with Crippen molar-refractivity contribution in [1.29, 1.82) is 0 Å². The van der Waals surface area contributed by atoms with Gasteiger partial charge >= 0.3 is 0 Å². The third-order valence-electron chi connectivity index (χ3n) is 2.56. The van der Waals surface area contributed by atoms with Crippen LogP contribution >= 0.6 is 11.6 Å². The Morgan fingerprint density at radius 3 is 2.58 bits per heavy atom. The molecule has 4 nitrogen and oxygen atoms in total. The summed E-state index contributed by atoms with van der Waals surface area (Å²) in [6.07, 6.45) is 0. The van der Waals surface area contributed by atoms with E-state index in [0.29, 0.717) is 22.3 Å². The lowest BCUT2D eigenvalue weighted by Gasteiger charge is -2.10. The first-order chi connectivity index (χ1) is 8.95. The van der Waals surface area contributed by atoms with Crippen molar-refractivity contribution in [3.8, 4) is 11.6 Å². The van der Waals surface area contributed by atoms with Crippen LogP contribution in [0.1, 0.15) is 31.3 Å². The van der Waals surface area contributed by atoms with Crippen LogP contribution in [-0.2, 0) is 0 Å². The van der Waals surface area contributed by atoms with Gasteiger partial charge in [0.2, 0.25) is 5.88 Å². The Labute approximate surface area is 117 Å². The highest BCUT2D eigenvalue weighted by molar-refractivity contribution is 6.33. The second-order valence-electron chi connectivity index (χ2n) is 4.65. The fourth-order valence-corrected chi connectivity index (χ4v) is 1.73. The van der Waals surface area contributed by atoms with Gasteiger partial charge in [-0.25, -0.2) is 4.98 Å². The summed E-state index contributed by atoms with van der Waals surface area (Å²) in [5, 5.41) is 0.465. The molecule has 0 aliphatic carbocycles. The SMILES string of the molecule is Cc1cc(Oc2ccc(N)c(Cl)c2)nc(C(C)C)n1. The number of aryl methyl sites for hydroxylation is 1. The molecule has 0 saturated carbocycles. The number of nitrogens with zero attached hydrogens (tertiary/aromatic N) is 2. The van der Waals surface area contributed by atoms with Gasteiger partial charge in [-0.3, -0.25) is 0 Å². The molecular formula is C14H16ClN3O. The summed E-state index contributed by atoms with van der Waals surface area (Å²) in [5.41, 5.74) is 7.05. The van der Waals surface area contributed by atoms with E-state index < -0.39 is 0 Å². The van der Waals surface area contributed by atoms with Gasteiger partial charge in [-0.1, -0.05) is 25.4 Å². The zero-order chi connectivity index (χ0) is 14.0. The molecule has 1 heterocycles. The van der Waals surface area contributed by atoms with Gasteiger partial charge in [0.05, 0.1) is 10.7 Å². The van der Waals surface area contributed by atoms with Crippen LogP contribution in [0.3, 0.4) is 0 Å². The second kappa shape index (κ2) is 5.45. The average molecular weight is 278 g/mol. The fraction of sp³-hybridized carbons (Fsp3) is 0.286. The molecule has 0 aliphatic heterocycles. The summed E-state index contributed by atoms with van der Waals surface area (Å²) < 4.78 is 5.69. The van der Waals surface area contributed by atoms with E-state index in [0.717, 1.165) is 11.5 Å². The van der Waals surface area contributed by atoms with Crippen molar-refractivity contribution in [2.45, 2.75) is 26.7 Å². The average Bonchev–Trinajstić information content (AvgIpc) is 2.33. The van der Waals surface area contributed by atoms with Crippen LogP contribution in [-0.4, -0.2) is 9.97 Å². The number of ether oxygens (including phenoxy) is 1. The molecule has 0 radical (unpaired) electrons. The maximum absolute atomic E-state index is 5.96. The molecule has 0 saturated heterocycles. The number of aromatic nitrogens is 2. The summed E-state index contributed by atoms with van der Waals surface area (Å²) >= 11 is 5.96. The molecule has 19 heavy (non-hydrogen) atoms. The second-order valence-corrected chi connectivity index (χ2v) is 5.05. The van der Waals surface area contributed by atoms with Gasteiger partial charge in [-0.05, 0) is 19.1 Å². The van der Waals surface area contributed by atoms with Crippen molar-refractivity contribution in [2.75, 3.05) is 5.73 Å². The van der Waals surface area contributed by atoms with Gasteiger partial charge < -0.3 is 10.5 Å². The predicted octanol–water partition coefficient (Wildman–Crippen LogP) is 3.94. The van der Waals surface area contributed by atoms with Crippen molar-refractivity contribution in [3.05, 3.63) is 40.8 Å². The molecule has 0 bridgehead atoms. The minimum Gasteiger partial charge on any atom is -0.439 e. The largest absolute Gasteiger partial charge is 0.439 e. The van der Waals surface area contributed by atoms with Gasteiger partial charge in [0.25, 0.3) is 0 Å². The molecule has 0 atom stereocenters. The van der Waals surface area contributed by atoms with Crippen molar-refractivity contribution < 1.29 is 4.74 Å². The zero-order valence-corrected chi connectivity index (χ0v) is 11.9. The Bertz CT molecular complexity index is 599. The van der Waals surface area contributed by atoms with Gasteiger partial charge in [-0.2, -0.15) is 4.98 Å². The first kappa shape index (κ1) is 13.6. The van der Waals surface area contributed by atoms with Crippen LogP contribution in [0.15, 0.2) is 24.3 Å². The van der Waals surface area contributed by atoms with Crippen molar-refractivity contribution >= 4 is 17.3 Å². The molecule has 1 aromatic carbocycles. The molecule has 1 aromatic heterocycles. The normalized spacial score (nSPS) is 10.8. The molecule has 100 valence electrons. The summed E-state index contributed by atoms with van der Waals surface area (Å²) in [4.78, 5) is 8.74. The molecule has 0 fully saturated rings. The third kappa shape index (κ3) is 3.35.